The number of allylic oxidation sites excluding steroid dienone is 4. The molecule has 12 heteroatoms. The molecule has 0 spiro atoms. The normalized spacial score (nSPS) is 24.7. The molecule has 1 fully saturated rings. The molecular weight excluding hydrogens is 646 g/mol. The molecule has 0 amide bonds. The molecular formula is C36H56F5N4O2P. The number of likely N-dealkylation sites (tertiary alicyclic amines) is 1. The van der Waals surface area contributed by atoms with Crippen molar-refractivity contribution in [2.45, 2.75) is 143 Å². The van der Waals surface area contributed by atoms with Crippen molar-refractivity contribution in [3.63, 3.8) is 0 Å². The molecule has 48 heavy (non-hydrogen) atoms. The first kappa shape index (κ1) is 41.9. The molecule has 6 nitrogen and oxygen atoms in total. The fraction of sp³-hybridized carbons (Fsp3) is 0.722. The second-order valence-corrected chi connectivity index (χ2v) is 14.3. The molecule has 272 valence electrons. The van der Waals surface area contributed by atoms with Crippen LogP contribution in [-0.4, -0.2) is 45.8 Å². The number of aromatic nitrogens is 2. The van der Waals surface area contributed by atoms with Crippen molar-refractivity contribution in [2.24, 2.45) is 16.3 Å². The van der Waals surface area contributed by atoms with Crippen LogP contribution in [0.2, 0.25) is 0 Å². The molecule has 4 atom stereocenters. The number of H-pyrrole nitrogens is 1. The Morgan fingerprint density at radius 3 is 2.33 bits per heavy atom. The lowest BCUT2D eigenvalue weighted by atomic mass is 9.86. The van der Waals surface area contributed by atoms with Crippen molar-refractivity contribution in [2.75, 3.05) is 13.1 Å². The number of aliphatic imine (C=N–C) groups is 1. The van der Waals surface area contributed by atoms with Crippen molar-refractivity contribution in [3.05, 3.63) is 50.6 Å². The zero-order valence-corrected chi connectivity index (χ0v) is 30.8. The minimum Gasteiger partial charge on any atom is -0.299 e. The van der Waals surface area contributed by atoms with Crippen molar-refractivity contribution in [1.29, 1.82) is 0 Å². The number of carbonyl (C=O) groups is 1. The summed E-state index contributed by atoms with van der Waals surface area (Å²) in [7, 11) is 1.59. The van der Waals surface area contributed by atoms with E-state index in [1.54, 1.807) is 22.2 Å². The van der Waals surface area contributed by atoms with Crippen LogP contribution in [0.5, 0.6) is 0 Å². The number of nitrogens with zero attached hydrogens (tertiary/aromatic N) is 3. The first-order valence-electron chi connectivity index (χ1n) is 17.5. The highest BCUT2D eigenvalue weighted by Crippen LogP contribution is 2.43. The Morgan fingerprint density at radius 1 is 1.10 bits per heavy atom. The molecule has 1 N–H and O–H groups in total. The molecule has 2 aliphatic heterocycles. The van der Waals surface area contributed by atoms with Gasteiger partial charge in [0.15, 0.2) is 0 Å². The number of carbonyl (C=O) groups excluding carboxylic acids is 1. The number of Topliss-reactive ketones (excluding diaryl/α,β-unsaturated/α-hetero) is 1. The van der Waals surface area contributed by atoms with Crippen LogP contribution in [0.25, 0.3) is 0 Å². The van der Waals surface area contributed by atoms with Crippen LogP contribution in [-0.2, 0) is 17.4 Å². The third-order valence-electron chi connectivity index (χ3n) is 9.67. The van der Waals surface area contributed by atoms with Crippen molar-refractivity contribution >= 4 is 21.2 Å². The first-order chi connectivity index (χ1) is 22.5. The fourth-order valence-electron chi connectivity index (χ4n) is 5.97. The third kappa shape index (κ3) is 12.6. The summed E-state index contributed by atoms with van der Waals surface area (Å²) in [5.41, 5.74) is -4.38. The van der Waals surface area contributed by atoms with Gasteiger partial charge < -0.3 is 0 Å². The van der Waals surface area contributed by atoms with Gasteiger partial charge in [-0.1, -0.05) is 94.5 Å². The number of nitrogens with one attached hydrogen (secondary N) is 1. The fourth-order valence-corrected chi connectivity index (χ4v) is 6.16. The second kappa shape index (κ2) is 19.2. The van der Waals surface area contributed by atoms with Crippen LogP contribution in [0.15, 0.2) is 33.2 Å². The summed E-state index contributed by atoms with van der Waals surface area (Å²) in [5.74, 6) is 0.893. The van der Waals surface area contributed by atoms with Crippen molar-refractivity contribution in [1.82, 2.24) is 15.1 Å². The summed E-state index contributed by atoms with van der Waals surface area (Å²) < 4.78 is 66.0. The number of hydrogen-bond acceptors (Lipinski definition) is 5. The van der Waals surface area contributed by atoms with Gasteiger partial charge in [-0.3, -0.25) is 19.5 Å². The lowest BCUT2D eigenvalue weighted by Gasteiger charge is -2.26. The maximum atomic E-state index is 13.3. The predicted molar refractivity (Wildman–Crippen MR) is 188 cm³/mol. The summed E-state index contributed by atoms with van der Waals surface area (Å²) >= 11 is 0. The summed E-state index contributed by atoms with van der Waals surface area (Å²) in [6.07, 6.45) is 12.7. The number of aromatic amines is 1. The van der Waals surface area contributed by atoms with Gasteiger partial charge in [-0.2, -0.15) is 27.1 Å². The number of unbranched alkanes of at least 4 members (excludes halogenated alkanes) is 3. The largest absolute Gasteiger partial charge is 0.422 e. The zero-order chi connectivity index (χ0) is 36.1. The number of hydrogen-bond donors (Lipinski definition) is 1. The lowest BCUT2D eigenvalue weighted by Crippen LogP contribution is -2.33. The van der Waals surface area contributed by atoms with E-state index in [1.807, 2.05) is 16.9 Å². The van der Waals surface area contributed by atoms with Gasteiger partial charge in [-0.15, -0.1) is 0 Å². The van der Waals surface area contributed by atoms with E-state index in [2.05, 4.69) is 43.9 Å². The van der Waals surface area contributed by atoms with E-state index in [9.17, 15) is 31.5 Å². The Hall–Kier alpha value is -2.26. The Kier molecular flexibility index (Phi) is 16.8. The van der Waals surface area contributed by atoms with Gasteiger partial charge in [0.2, 0.25) is 0 Å². The van der Waals surface area contributed by atoms with E-state index in [1.165, 1.54) is 44.7 Å². The molecule has 0 aromatic carbocycles. The van der Waals surface area contributed by atoms with E-state index in [-0.39, 0.29) is 29.4 Å². The molecule has 1 saturated heterocycles. The van der Waals surface area contributed by atoms with Gasteiger partial charge in [0.05, 0.1) is 11.7 Å². The zero-order valence-electron chi connectivity index (χ0n) is 29.6. The highest BCUT2D eigenvalue weighted by atomic mass is 31.0. The van der Waals surface area contributed by atoms with Crippen LogP contribution < -0.4 is 5.56 Å². The maximum Gasteiger partial charge on any atom is 0.422 e. The first-order valence-corrected chi connectivity index (χ1v) is 18.1. The minimum atomic E-state index is -4.69. The van der Waals surface area contributed by atoms with E-state index < -0.39 is 28.4 Å². The van der Waals surface area contributed by atoms with Gasteiger partial charge in [0, 0.05) is 29.4 Å². The summed E-state index contributed by atoms with van der Waals surface area (Å²) in [6, 6.07) is -0.274. The molecule has 0 saturated carbocycles. The SMILES string of the molecule is CC(=O)C1(C)CCN(C2CCc3c2n[nH]c(=O)c3C(F)(F)F)C1.CCCC.CC[C@@H](C)CCCCCC1=C\CC\C=C(C(F)(F)P)/C=N/1. The van der Waals surface area contributed by atoms with Gasteiger partial charge in [0.1, 0.15) is 11.3 Å². The van der Waals surface area contributed by atoms with Gasteiger partial charge in [-0.25, -0.2) is 5.10 Å². The number of fused-ring (bicyclic) bond motifs is 1. The van der Waals surface area contributed by atoms with Crippen LogP contribution >= 0.6 is 9.24 Å². The molecule has 3 heterocycles. The third-order valence-corrected chi connectivity index (χ3v) is 10.0. The Morgan fingerprint density at radius 2 is 1.77 bits per heavy atom. The summed E-state index contributed by atoms with van der Waals surface area (Å²) in [4.78, 5) is 29.6. The molecule has 4 rings (SSSR count). The average Bonchev–Trinajstić information content (AvgIpc) is 3.61. The topological polar surface area (TPSA) is 78.4 Å². The Balaban J connectivity index is 0.000000302. The number of rotatable bonds is 11. The number of alkyl halides is 5. The van der Waals surface area contributed by atoms with Gasteiger partial charge in [-0.05, 0) is 69.9 Å². The highest BCUT2D eigenvalue weighted by Gasteiger charge is 2.46. The Bertz CT molecular complexity index is 1330. The molecule has 1 aliphatic carbocycles. The van der Waals surface area contributed by atoms with Crippen LogP contribution in [0.4, 0.5) is 22.0 Å². The maximum absolute atomic E-state index is 13.3. The van der Waals surface area contributed by atoms with E-state index >= 15 is 0 Å². The molecule has 0 radical (unpaired) electrons. The second-order valence-electron chi connectivity index (χ2n) is 13.6. The number of ketones is 1. The molecule has 3 aliphatic rings. The van der Waals surface area contributed by atoms with Gasteiger partial charge in [0.25, 0.3) is 11.2 Å². The summed E-state index contributed by atoms with van der Waals surface area (Å²) in [5, 5.41) is 5.87. The average molecular weight is 703 g/mol. The van der Waals surface area contributed by atoms with Crippen LogP contribution in [0.1, 0.15) is 141 Å². The lowest BCUT2D eigenvalue weighted by molar-refractivity contribution is -0.139. The molecule has 0 bridgehead atoms. The van der Waals surface area contributed by atoms with Gasteiger partial charge >= 0.3 is 6.18 Å². The monoisotopic (exact) mass is 702 g/mol. The smallest absolute Gasteiger partial charge is 0.299 e. The van der Waals surface area contributed by atoms with E-state index in [4.69, 9.17) is 0 Å². The van der Waals surface area contributed by atoms with E-state index in [0.29, 0.717) is 38.0 Å². The Labute approximate surface area is 285 Å². The quantitative estimate of drug-likeness (QED) is 0.142. The standard InChI is InChI=1S/C17H28F2NP.C15H18F3N3O2.C4H10/c1-3-14(2)9-5-4-6-11-16-12-8-7-10-15(13-20-16)17(18,19)21;1-8(22)14(2)5-6-21(7-14)10-4-3-9-11(15(16,17)18)13(23)20-19-12(9)10;1-3-4-2/h10,12-14H,3-9,11,21H2,1-2H3;10H,3-7H2,1-2H3,(H,20,23);3-4H2,1-2H3/b15-10+,16-12-,20-13+;;/t14-;;/m1../s1. The van der Waals surface area contributed by atoms with Crippen LogP contribution in [0.3, 0.4) is 0 Å². The highest BCUT2D eigenvalue weighted by molar-refractivity contribution is 7.18. The van der Waals surface area contributed by atoms with Crippen molar-refractivity contribution in [3.8, 4) is 0 Å². The molecule has 3 unspecified atom stereocenters. The molecule has 1 aromatic heterocycles. The summed E-state index contributed by atoms with van der Waals surface area (Å²) in [6.45, 7) is 13.5. The number of halogens is 5. The van der Waals surface area contributed by atoms with E-state index in [0.717, 1.165) is 30.9 Å². The predicted octanol–water partition coefficient (Wildman–Crippen LogP) is 10.0. The van der Waals surface area contributed by atoms with Crippen molar-refractivity contribution < 1.29 is 26.7 Å². The minimum absolute atomic E-state index is 0.00248. The van der Waals surface area contributed by atoms with Crippen LogP contribution in [0, 0.1) is 11.3 Å². The molecule has 1 aromatic rings.